The van der Waals surface area contributed by atoms with Crippen molar-refractivity contribution >= 4 is 51.0 Å². The SMILES string of the molecule is CC(=O)NCCC(C(=O)/C(C)=C/C=C/c1cccc(Br)c1)C(O)=S. The van der Waals surface area contributed by atoms with Gasteiger partial charge in [0, 0.05) is 17.9 Å². The van der Waals surface area contributed by atoms with Crippen LogP contribution in [0.1, 0.15) is 25.8 Å². The maximum absolute atomic E-state index is 12.4. The molecule has 2 N–H and O–H groups in total. The molecule has 0 aliphatic heterocycles. The lowest BCUT2D eigenvalue weighted by molar-refractivity contribution is -0.120. The van der Waals surface area contributed by atoms with Crippen molar-refractivity contribution < 1.29 is 14.7 Å². The molecule has 0 aliphatic carbocycles. The minimum Gasteiger partial charge on any atom is -0.501 e. The molecule has 24 heavy (non-hydrogen) atoms. The molecule has 1 unspecified atom stereocenters. The maximum Gasteiger partial charge on any atom is 0.216 e. The third-order valence-corrected chi connectivity index (χ3v) is 4.07. The Labute approximate surface area is 155 Å². The Bertz CT molecular complexity index is 683. The summed E-state index contributed by atoms with van der Waals surface area (Å²) in [6.07, 6.45) is 5.62. The number of ketones is 1. The van der Waals surface area contributed by atoms with Crippen molar-refractivity contribution in [2.45, 2.75) is 20.3 Å². The number of aliphatic hydroxyl groups excluding tert-OH is 1. The van der Waals surface area contributed by atoms with Crippen LogP contribution in [-0.4, -0.2) is 28.4 Å². The van der Waals surface area contributed by atoms with Crippen molar-refractivity contribution in [3.8, 4) is 0 Å². The van der Waals surface area contributed by atoms with Gasteiger partial charge in [-0.1, -0.05) is 46.3 Å². The van der Waals surface area contributed by atoms with Crippen LogP contribution in [0.25, 0.3) is 6.08 Å². The molecule has 1 atom stereocenters. The quantitative estimate of drug-likeness (QED) is 0.386. The highest BCUT2D eigenvalue weighted by Gasteiger charge is 2.23. The first-order valence-corrected chi connectivity index (χ1v) is 8.63. The summed E-state index contributed by atoms with van der Waals surface area (Å²) in [6, 6.07) is 7.77. The summed E-state index contributed by atoms with van der Waals surface area (Å²) >= 11 is 8.17. The van der Waals surface area contributed by atoms with E-state index >= 15 is 0 Å². The molecule has 0 radical (unpaired) electrons. The van der Waals surface area contributed by atoms with Crippen molar-refractivity contribution in [1.29, 1.82) is 0 Å². The Kier molecular flexibility index (Phi) is 8.57. The highest BCUT2D eigenvalue weighted by molar-refractivity contribution is 9.10. The molecule has 0 aromatic heterocycles. The first-order valence-electron chi connectivity index (χ1n) is 7.43. The number of hydrogen-bond donors (Lipinski definition) is 2. The number of benzene rings is 1. The fraction of sp³-hybridized carbons (Fsp3) is 0.278. The Balaban J connectivity index is 2.74. The van der Waals surface area contributed by atoms with Gasteiger partial charge in [-0.25, -0.2) is 0 Å². The zero-order valence-corrected chi connectivity index (χ0v) is 16.0. The molecule has 1 aromatic carbocycles. The number of amides is 1. The minimum absolute atomic E-state index is 0.186. The third-order valence-electron chi connectivity index (χ3n) is 3.29. The van der Waals surface area contributed by atoms with Gasteiger partial charge in [-0.15, -0.1) is 0 Å². The van der Waals surface area contributed by atoms with Crippen molar-refractivity contribution in [2.24, 2.45) is 5.92 Å². The number of carbonyl (C=O) groups excluding carboxylic acids is 2. The topological polar surface area (TPSA) is 66.4 Å². The molecule has 0 heterocycles. The smallest absolute Gasteiger partial charge is 0.216 e. The Morgan fingerprint density at radius 1 is 1.38 bits per heavy atom. The van der Waals surface area contributed by atoms with Gasteiger partial charge < -0.3 is 10.4 Å². The average molecular weight is 410 g/mol. The van der Waals surface area contributed by atoms with Crippen molar-refractivity contribution in [3.63, 3.8) is 0 Å². The fourth-order valence-electron chi connectivity index (χ4n) is 2.03. The zero-order valence-electron chi connectivity index (χ0n) is 13.6. The first kappa shape index (κ1) is 20.3. The van der Waals surface area contributed by atoms with Crippen LogP contribution >= 0.6 is 28.1 Å². The largest absolute Gasteiger partial charge is 0.501 e. The molecule has 0 saturated heterocycles. The van der Waals surface area contributed by atoms with Crippen molar-refractivity contribution in [2.75, 3.05) is 6.54 Å². The molecular weight excluding hydrogens is 390 g/mol. The van der Waals surface area contributed by atoms with E-state index in [0.29, 0.717) is 5.57 Å². The summed E-state index contributed by atoms with van der Waals surface area (Å²) in [5, 5.41) is 11.8. The van der Waals surface area contributed by atoms with E-state index in [1.807, 2.05) is 30.3 Å². The minimum atomic E-state index is -0.789. The van der Waals surface area contributed by atoms with E-state index in [1.165, 1.54) is 6.92 Å². The summed E-state index contributed by atoms with van der Waals surface area (Å²) < 4.78 is 0.977. The molecular formula is C18H20BrNO3S. The van der Waals surface area contributed by atoms with Gasteiger partial charge in [-0.3, -0.25) is 9.59 Å². The molecule has 0 fully saturated rings. The van der Waals surface area contributed by atoms with Crippen LogP contribution in [0.5, 0.6) is 0 Å². The molecule has 1 rings (SSSR count). The first-order chi connectivity index (χ1) is 11.3. The second-order valence-electron chi connectivity index (χ2n) is 5.29. The average Bonchev–Trinajstić information content (AvgIpc) is 2.50. The number of aliphatic hydroxyl groups is 1. The van der Waals surface area contributed by atoms with Gasteiger partial charge in [0.1, 0.15) is 0 Å². The lowest BCUT2D eigenvalue weighted by Crippen LogP contribution is -2.29. The predicted octanol–water partition coefficient (Wildman–Crippen LogP) is 4.01. The third kappa shape index (κ3) is 7.19. The molecule has 4 nitrogen and oxygen atoms in total. The number of carbonyl (C=O) groups is 2. The van der Waals surface area contributed by atoms with Gasteiger partial charge in [0.25, 0.3) is 0 Å². The summed E-state index contributed by atoms with van der Waals surface area (Å²) in [4.78, 5) is 23.3. The fourth-order valence-corrected chi connectivity index (χ4v) is 2.67. The van der Waals surface area contributed by atoms with E-state index in [9.17, 15) is 14.7 Å². The summed E-state index contributed by atoms with van der Waals surface area (Å²) in [5.41, 5.74) is 1.49. The van der Waals surface area contributed by atoms with E-state index in [-0.39, 0.29) is 29.7 Å². The van der Waals surface area contributed by atoms with E-state index in [2.05, 4.69) is 21.2 Å². The normalized spacial score (nSPS) is 12.9. The highest BCUT2D eigenvalue weighted by atomic mass is 79.9. The van der Waals surface area contributed by atoms with Crippen LogP contribution in [-0.2, 0) is 9.59 Å². The number of halogens is 1. The van der Waals surface area contributed by atoms with Gasteiger partial charge in [-0.2, -0.15) is 0 Å². The highest BCUT2D eigenvalue weighted by Crippen LogP contribution is 2.15. The lowest BCUT2D eigenvalue weighted by Gasteiger charge is -2.13. The second-order valence-corrected chi connectivity index (χ2v) is 6.62. The Hall–Kier alpha value is -1.79. The molecule has 0 aliphatic rings. The summed E-state index contributed by atoms with van der Waals surface area (Å²) in [6.45, 7) is 3.36. The summed E-state index contributed by atoms with van der Waals surface area (Å²) in [5.74, 6) is -1.22. The molecule has 0 spiro atoms. The van der Waals surface area contributed by atoms with E-state index in [0.717, 1.165) is 10.0 Å². The number of hydrogen-bond acceptors (Lipinski definition) is 3. The monoisotopic (exact) mass is 409 g/mol. The molecule has 0 saturated carbocycles. The number of Topliss-reactive ketones (excluding diaryl/α,β-unsaturated/α-hetero) is 1. The van der Waals surface area contributed by atoms with Gasteiger partial charge in [-0.05, 0) is 48.8 Å². The lowest BCUT2D eigenvalue weighted by atomic mass is 9.95. The van der Waals surface area contributed by atoms with Crippen LogP contribution in [0.15, 0.2) is 46.5 Å². The van der Waals surface area contributed by atoms with Crippen LogP contribution < -0.4 is 5.32 Å². The second kappa shape index (κ2) is 10.2. The van der Waals surface area contributed by atoms with E-state index < -0.39 is 5.92 Å². The van der Waals surface area contributed by atoms with Crippen LogP contribution in [0, 0.1) is 5.92 Å². The molecule has 128 valence electrons. The Morgan fingerprint density at radius 2 is 2.08 bits per heavy atom. The number of thiocarbonyl (C=S) groups is 1. The number of allylic oxidation sites excluding steroid dienone is 3. The molecule has 6 heteroatoms. The maximum atomic E-state index is 12.4. The molecule has 1 aromatic rings. The van der Waals surface area contributed by atoms with Crippen LogP contribution in [0.4, 0.5) is 0 Å². The predicted molar refractivity (Wildman–Crippen MR) is 104 cm³/mol. The van der Waals surface area contributed by atoms with Crippen molar-refractivity contribution in [1.82, 2.24) is 5.32 Å². The van der Waals surface area contributed by atoms with E-state index in [4.69, 9.17) is 12.2 Å². The van der Waals surface area contributed by atoms with Crippen LogP contribution in [0.2, 0.25) is 0 Å². The van der Waals surface area contributed by atoms with Crippen molar-refractivity contribution in [3.05, 3.63) is 52.0 Å². The molecule has 1 amide bonds. The zero-order chi connectivity index (χ0) is 18.1. The van der Waals surface area contributed by atoms with E-state index in [1.54, 1.807) is 19.1 Å². The molecule has 0 bridgehead atoms. The van der Waals surface area contributed by atoms with Crippen LogP contribution in [0.3, 0.4) is 0 Å². The summed E-state index contributed by atoms with van der Waals surface area (Å²) in [7, 11) is 0. The van der Waals surface area contributed by atoms with Gasteiger partial charge >= 0.3 is 0 Å². The van der Waals surface area contributed by atoms with Gasteiger partial charge in [0.05, 0.1) is 5.92 Å². The number of nitrogens with one attached hydrogen (secondary N) is 1. The number of rotatable bonds is 8. The van der Waals surface area contributed by atoms with Gasteiger partial charge in [0.2, 0.25) is 5.91 Å². The Morgan fingerprint density at radius 3 is 2.67 bits per heavy atom. The standard InChI is InChI=1S/C18H20BrNO3S/c1-12(5-3-6-14-7-4-8-15(19)11-14)17(22)16(18(23)24)9-10-20-13(2)21/h3-8,11,16H,9-10H2,1-2H3,(H,20,21)(H,23,24)/b6-3+,12-5+. The van der Waals surface area contributed by atoms with Gasteiger partial charge in [0.15, 0.2) is 10.8 Å².